The highest BCUT2D eigenvalue weighted by molar-refractivity contribution is 7.13. The second kappa shape index (κ2) is 15.2. The quantitative estimate of drug-likeness (QED) is 0.274. The molecule has 0 atom stereocenters. The van der Waals surface area contributed by atoms with Crippen LogP contribution in [0, 0.1) is 0 Å². The fourth-order valence-corrected chi connectivity index (χ4v) is 4.19. The lowest BCUT2D eigenvalue weighted by molar-refractivity contribution is -0.128. The van der Waals surface area contributed by atoms with Crippen LogP contribution >= 0.6 is 11.3 Å². The van der Waals surface area contributed by atoms with Crippen LogP contribution in [0.25, 0.3) is 0 Å². The zero-order valence-corrected chi connectivity index (χ0v) is 20.6. The first kappa shape index (κ1) is 26.5. The van der Waals surface area contributed by atoms with Crippen molar-refractivity contribution in [2.24, 2.45) is 0 Å². The van der Waals surface area contributed by atoms with Crippen molar-refractivity contribution < 1.29 is 14.4 Å². The molecule has 1 aromatic carbocycles. The van der Waals surface area contributed by atoms with Crippen LogP contribution in [0.4, 0.5) is 5.13 Å². The summed E-state index contributed by atoms with van der Waals surface area (Å²) in [6.45, 7) is 3.67. The van der Waals surface area contributed by atoms with Crippen molar-refractivity contribution in [3.8, 4) is 0 Å². The van der Waals surface area contributed by atoms with Gasteiger partial charge in [0.15, 0.2) is 5.13 Å². The number of nitrogens with zero attached hydrogens (tertiary/aromatic N) is 1. The number of hydrogen-bond acceptors (Lipinski definition) is 5. The van der Waals surface area contributed by atoms with Gasteiger partial charge in [-0.05, 0) is 30.4 Å². The average Bonchev–Trinajstić information content (AvgIpc) is 3.23. The van der Waals surface area contributed by atoms with Gasteiger partial charge in [0.05, 0.1) is 12.1 Å². The monoisotopic (exact) mass is 472 g/mol. The van der Waals surface area contributed by atoms with Gasteiger partial charge < -0.3 is 5.32 Å². The van der Waals surface area contributed by atoms with E-state index in [-0.39, 0.29) is 24.1 Å². The lowest BCUT2D eigenvalue weighted by Gasteiger charge is -2.08. The first-order valence-electron chi connectivity index (χ1n) is 11.8. The predicted molar refractivity (Wildman–Crippen MR) is 133 cm³/mol. The minimum absolute atomic E-state index is 0.122. The van der Waals surface area contributed by atoms with E-state index in [0.717, 1.165) is 48.9 Å². The molecule has 1 heterocycles. The maximum atomic E-state index is 12.1. The Kier molecular flexibility index (Phi) is 12.2. The normalized spacial score (nSPS) is 10.6. The Hall–Kier alpha value is -2.74. The van der Waals surface area contributed by atoms with Gasteiger partial charge in [0, 0.05) is 18.7 Å². The summed E-state index contributed by atoms with van der Waals surface area (Å²) in [5.41, 5.74) is 7.99. The molecule has 0 spiro atoms. The Balaban J connectivity index is 1.61. The Labute approximate surface area is 200 Å². The molecular weight excluding hydrogens is 436 g/mol. The molecule has 8 heteroatoms. The maximum Gasteiger partial charge on any atom is 0.242 e. The smallest absolute Gasteiger partial charge is 0.242 e. The fraction of sp³-hybridized carbons (Fsp3) is 0.520. The summed E-state index contributed by atoms with van der Waals surface area (Å²) in [6.07, 6.45) is 10.3. The third-order valence-corrected chi connectivity index (χ3v) is 6.05. The number of aryl methyl sites for hydroxylation is 2. The van der Waals surface area contributed by atoms with Crippen LogP contribution in [0.15, 0.2) is 29.6 Å². The van der Waals surface area contributed by atoms with Gasteiger partial charge in [0.25, 0.3) is 0 Å². The second-order valence-electron chi connectivity index (χ2n) is 8.29. The Morgan fingerprint density at radius 1 is 0.848 bits per heavy atom. The van der Waals surface area contributed by atoms with Gasteiger partial charge in [0.2, 0.25) is 17.7 Å². The Morgan fingerprint density at radius 2 is 1.48 bits per heavy atom. The molecule has 0 saturated heterocycles. The minimum Gasteiger partial charge on any atom is -0.302 e. The standard InChI is InChI=1S/C25H36N4O3S/c1-3-4-5-6-7-8-9-10-23(31)28-29-24(32)17-21-13-11-20(12-14-21)15-16-22-18-33-25(27-22)26-19(2)30/h11-14,18H,3-10,15-17H2,1-2H3,(H,28,31)(H,29,32)(H,26,27,30). The summed E-state index contributed by atoms with van der Waals surface area (Å²) >= 11 is 1.42. The minimum atomic E-state index is -0.233. The molecule has 3 amide bonds. The molecular formula is C25H36N4O3S. The number of carbonyl (C=O) groups is 3. The van der Waals surface area contributed by atoms with Crippen molar-refractivity contribution in [2.75, 3.05) is 5.32 Å². The van der Waals surface area contributed by atoms with E-state index < -0.39 is 0 Å². The Bertz CT molecular complexity index is 880. The number of rotatable bonds is 14. The number of unbranched alkanes of at least 4 members (excludes halogenated alkanes) is 6. The Morgan fingerprint density at radius 3 is 2.18 bits per heavy atom. The van der Waals surface area contributed by atoms with E-state index in [2.05, 4.69) is 28.1 Å². The molecule has 0 unspecified atom stereocenters. The van der Waals surface area contributed by atoms with Crippen LogP contribution in [0.1, 0.15) is 82.0 Å². The van der Waals surface area contributed by atoms with E-state index >= 15 is 0 Å². The van der Waals surface area contributed by atoms with E-state index in [1.54, 1.807) is 0 Å². The first-order chi connectivity index (χ1) is 16.0. The van der Waals surface area contributed by atoms with E-state index in [1.807, 2.05) is 29.6 Å². The van der Waals surface area contributed by atoms with Gasteiger partial charge in [-0.25, -0.2) is 4.98 Å². The van der Waals surface area contributed by atoms with Crippen molar-refractivity contribution in [1.82, 2.24) is 15.8 Å². The zero-order chi connectivity index (χ0) is 23.9. The van der Waals surface area contributed by atoms with Gasteiger partial charge in [-0.2, -0.15) is 0 Å². The van der Waals surface area contributed by atoms with Crippen LogP contribution in [0.2, 0.25) is 0 Å². The molecule has 0 aliphatic rings. The van der Waals surface area contributed by atoms with Gasteiger partial charge in [-0.15, -0.1) is 11.3 Å². The highest BCUT2D eigenvalue weighted by Crippen LogP contribution is 2.17. The van der Waals surface area contributed by atoms with Crippen molar-refractivity contribution >= 4 is 34.2 Å². The van der Waals surface area contributed by atoms with Gasteiger partial charge in [-0.3, -0.25) is 25.2 Å². The number of thiazole rings is 1. The molecule has 7 nitrogen and oxygen atoms in total. The molecule has 33 heavy (non-hydrogen) atoms. The molecule has 2 rings (SSSR count). The molecule has 0 fully saturated rings. The van der Waals surface area contributed by atoms with Crippen molar-refractivity contribution in [1.29, 1.82) is 0 Å². The van der Waals surface area contributed by atoms with Gasteiger partial charge in [0.1, 0.15) is 0 Å². The number of carbonyl (C=O) groups excluding carboxylic acids is 3. The molecule has 0 bridgehead atoms. The molecule has 1 aromatic heterocycles. The lowest BCUT2D eigenvalue weighted by atomic mass is 10.0. The number of hydrazine groups is 1. The molecule has 2 aromatic rings. The molecule has 3 N–H and O–H groups in total. The lowest BCUT2D eigenvalue weighted by Crippen LogP contribution is -2.42. The number of benzene rings is 1. The van der Waals surface area contributed by atoms with Gasteiger partial charge >= 0.3 is 0 Å². The van der Waals surface area contributed by atoms with Crippen LogP contribution in [-0.4, -0.2) is 22.7 Å². The van der Waals surface area contributed by atoms with Crippen LogP contribution in [0.3, 0.4) is 0 Å². The molecule has 180 valence electrons. The largest absolute Gasteiger partial charge is 0.302 e. The average molecular weight is 473 g/mol. The molecule has 0 aliphatic heterocycles. The third kappa shape index (κ3) is 11.6. The summed E-state index contributed by atoms with van der Waals surface area (Å²) in [6, 6.07) is 7.86. The summed E-state index contributed by atoms with van der Waals surface area (Å²) in [5, 5.41) is 5.26. The number of amides is 3. The predicted octanol–water partition coefficient (Wildman–Crippen LogP) is 4.72. The number of nitrogens with one attached hydrogen (secondary N) is 3. The number of anilines is 1. The van der Waals surface area contributed by atoms with Crippen molar-refractivity contribution in [3.63, 3.8) is 0 Å². The summed E-state index contributed by atoms with van der Waals surface area (Å²) in [7, 11) is 0. The molecule has 0 radical (unpaired) electrons. The summed E-state index contributed by atoms with van der Waals surface area (Å²) < 4.78 is 0. The zero-order valence-electron chi connectivity index (χ0n) is 19.7. The highest BCUT2D eigenvalue weighted by Gasteiger charge is 2.07. The van der Waals surface area contributed by atoms with E-state index in [9.17, 15) is 14.4 Å². The summed E-state index contributed by atoms with van der Waals surface area (Å²) in [5.74, 6) is -0.497. The molecule has 0 saturated carbocycles. The number of hydrogen-bond donors (Lipinski definition) is 3. The van der Waals surface area contributed by atoms with Crippen LogP contribution in [0.5, 0.6) is 0 Å². The van der Waals surface area contributed by atoms with E-state index in [4.69, 9.17) is 0 Å². The van der Waals surface area contributed by atoms with E-state index in [1.165, 1.54) is 43.9 Å². The SMILES string of the molecule is CCCCCCCCCC(=O)NNC(=O)Cc1ccc(CCc2csc(NC(C)=O)n2)cc1. The third-order valence-electron chi connectivity index (χ3n) is 5.24. The van der Waals surface area contributed by atoms with Crippen LogP contribution < -0.4 is 16.2 Å². The fourth-order valence-electron chi connectivity index (χ4n) is 3.40. The topological polar surface area (TPSA) is 100 Å². The summed E-state index contributed by atoms with van der Waals surface area (Å²) in [4.78, 5) is 39.5. The molecule has 0 aliphatic carbocycles. The second-order valence-corrected chi connectivity index (χ2v) is 9.14. The first-order valence-corrected chi connectivity index (χ1v) is 12.7. The highest BCUT2D eigenvalue weighted by atomic mass is 32.1. The van der Waals surface area contributed by atoms with Crippen LogP contribution in [-0.2, 0) is 33.6 Å². The number of aromatic nitrogens is 1. The van der Waals surface area contributed by atoms with E-state index in [0.29, 0.717) is 11.6 Å². The maximum absolute atomic E-state index is 12.1. The van der Waals surface area contributed by atoms with Crippen molar-refractivity contribution in [2.45, 2.75) is 84.5 Å². The van der Waals surface area contributed by atoms with Crippen molar-refractivity contribution in [3.05, 3.63) is 46.5 Å². The van der Waals surface area contributed by atoms with Gasteiger partial charge in [-0.1, -0.05) is 69.7 Å².